The summed E-state index contributed by atoms with van der Waals surface area (Å²) in [7, 11) is 0. The van der Waals surface area contributed by atoms with Crippen molar-refractivity contribution >= 4 is 15.9 Å². The van der Waals surface area contributed by atoms with Gasteiger partial charge in [-0.05, 0) is 24.6 Å². The molecule has 0 spiro atoms. The quantitative estimate of drug-likeness (QED) is 0.742. The van der Waals surface area contributed by atoms with Crippen LogP contribution in [0.3, 0.4) is 0 Å². The largest absolute Gasteiger partial charge is 0.373 e. The SMILES string of the molecule is CC(OCCBr)c1cccc(F)c1. The molecule has 1 aromatic rings. The van der Waals surface area contributed by atoms with E-state index in [-0.39, 0.29) is 11.9 Å². The van der Waals surface area contributed by atoms with Crippen LogP contribution in [0.2, 0.25) is 0 Å². The van der Waals surface area contributed by atoms with Crippen LogP contribution in [0.4, 0.5) is 4.39 Å². The molecule has 0 heterocycles. The van der Waals surface area contributed by atoms with Crippen molar-refractivity contribution in [1.29, 1.82) is 0 Å². The fraction of sp³-hybridized carbons (Fsp3) is 0.400. The maximum atomic E-state index is 12.8. The van der Waals surface area contributed by atoms with E-state index in [0.29, 0.717) is 6.61 Å². The highest BCUT2D eigenvalue weighted by Gasteiger charge is 2.05. The van der Waals surface area contributed by atoms with Crippen LogP contribution in [0, 0.1) is 5.82 Å². The molecular weight excluding hydrogens is 235 g/mol. The molecule has 0 aromatic heterocycles. The van der Waals surface area contributed by atoms with Gasteiger partial charge < -0.3 is 4.74 Å². The Kier molecular flexibility index (Phi) is 4.39. The second-order valence-electron chi connectivity index (χ2n) is 2.76. The molecule has 0 N–H and O–H groups in total. The number of hydrogen-bond acceptors (Lipinski definition) is 1. The molecule has 1 atom stereocenters. The Bertz CT molecular complexity index is 265. The van der Waals surface area contributed by atoms with Gasteiger partial charge in [0.05, 0.1) is 12.7 Å². The van der Waals surface area contributed by atoms with Crippen LogP contribution < -0.4 is 0 Å². The minimum absolute atomic E-state index is 0.0479. The molecule has 1 nitrogen and oxygen atoms in total. The lowest BCUT2D eigenvalue weighted by Gasteiger charge is -2.12. The van der Waals surface area contributed by atoms with E-state index in [1.165, 1.54) is 12.1 Å². The third-order valence-corrected chi connectivity index (χ3v) is 2.09. The Morgan fingerprint density at radius 1 is 1.54 bits per heavy atom. The van der Waals surface area contributed by atoms with E-state index in [0.717, 1.165) is 10.9 Å². The second kappa shape index (κ2) is 5.35. The minimum atomic E-state index is -0.216. The van der Waals surface area contributed by atoms with Crippen LogP contribution in [0.5, 0.6) is 0 Å². The molecule has 0 aliphatic rings. The van der Waals surface area contributed by atoms with E-state index in [1.54, 1.807) is 6.07 Å². The zero-order chi connectivity index (χ0) is 9.68. The number of alkyl halides is 1. The van der Waals surface area contributed by atoms with Crippen molar-refractivity contribution in [3.8, 4) is 0 Å². The van der Waals surface area contributed by atoms with Crippen LogP contribution in [-0.2, 0) is 4.74 Å². The van der Waals surface area contributed by atoms with Crippen molar-refractivity contribution in [2.45, 2.75) is 13.0 Å². The molecule has 0 aliphatic carbocycles. The van der Waals surface area contributed by atoms with Gasteiger partial charge >= 0.3 is 0 Å². The summed E-state index contributed by atoms with van der Waals surface area (Å²) in [5, 5.41) is 0.798. The lowest BCUT2D eigenvalue weighted by Crippen LogP contribution is -2.02. The van der Waals surface area contributed by atoms with Gasteiger partial charge in [0.1, 0.15) is 5.82 Å². The van der Waals surface area contributed by atoms with E-state index in [1.807, 2.05) is 13.0 Å². The highest BCUT2D eigenvalue weighted by atomic mass is 79.9. The van der Waals surface area contributed by atoms with Crippen molar-refractivity contribution in [3.63, 3.8) is 0 Å². The molecule has 0 saturated carbocycles. The summed E-state index contributed by atoms with van der Waals surface area (Å²) in [6.07, 6.45) is -0.0479. The smallest absolute Gasteiger partial charge is 0.123 e. The highest BCUT2D eigenvalue weighted by Crippen LogP contribution is 2.17. The normalized spacial score (nSPS) is 12.8. The van der Waals surface area contributed by atoms with Crippen LogP contribution in [0.1, 0.15) is 18.6 Å². The van der Waals surface area contributed by atoms with Crippen molar-refractivity contribution in [3.05, 3.63) is 35.6 Å². The lowest BCUT2D eigenvalue weighted by atomic mass is 10.1. The van der Waals surface area contributed by atoms with Gasteiger partial charge in [-0.1, -0.05) is 28.1 Å². The monoisotopic (exact) mass is 246 g/mol. The van der Waals surface area contributed by atoms with Crippen LogP contribution in [0.15, 0.2) is 24.3 Å². The highest BCUT2D eigenvalue weighted by molar-refractivity contribution is 9.09. The molecule has 0 aliphatic heterocycles. The first-order chi connectivity index (χ1) is 6.24. The Morgan fingerprint density at radius 3 is 2.92 bits per heavy atom. The first kappa shape index (κ1) is 10.7. The number of rotatable bonds is 4. The maximum absolute atomic E-state index is 12.8. The molecule has 0 fully saturated rings. The molecule has 1 unspecified atom stereocenters. The first-order valence-corrected chi connectivity index (χ1v) is 5.29. The summed E-state index contributed by atoms with van der Waals surface area (Å²) < 4.78 is 18.2. The van der Waals surface area contributed by atoms with Gasteiger partial charge in [0.2, 0.25) is 0 Å². The third-order valence-electron chi connectivity index (χ3n) is 1.76. The van der Waals surface area contributed by atoms with E-state index in [2.05, 4.69) is 15.9 Å². The third kappa shape index (κ3) is 3.44. The zero-order valence-electron chi connectivity index (χ0n) is 7.47. The van der Waals surface area contributed by atoms with Gasteiger partial charge in [0.25, 0.3) is 0 Å². The molecule has 0 saturated heterocycles. The van der Waals surface area contributed by atoms with Gasteiger partial charge in [-0.25, -0.2) is 4.39 Å². The number of benzene rings is 1. The Balaban J connectivity index is 2.60. The molecule has 0 bridgehead atoms. The zero-order valence-corrected chi connectivity index (χ0v) is 9.05. The average Bonchev–Trinajstić information content (AvgIpc) is 2.14. The fourth-order valence-electron chi connectivity index (χ4n) is 1.08. The lowest BCUT2D eigenvalue weighted by molar-refractivity contribution is 0.0787. The molecular formula is C10H12BrFO. The molecule has 1 aromatic carbocycles. The van der Waals surface area contributed by atoms with Gasteiger partial charge in [-0.3, -0.25) is 0 Å². The van der Waals surface area contributed by atoms with Crippen molar-refractivity contribution in [1.82, 2.24) is 0 Å². The van der Waals surface area contributed by atoms with Gasteiger partial charge in [-0.2, -0.15) is 0 Å². The maximum Gasteiger partial charge on any atom is 0.123 e. The van der Waals surface area contributed by atoms with E-state index >= 15 is 0 Å². The minimum Gasteiger partial charge on any atom is -0.373 e. The van der Waals surface area contributed by atoms with E-state index < -0.39 is 0 Å². The van der Waals surface area contributed by atoms with Gasteiger partial charge in [-0.15, -0.1) is 0 Å². The average molecular weight is 247 g/mol. The second-order valence-corrected chi connectivity index (χ2v) is 3.55. The van der Waals surface area contributed by atoms with E-state index in [9.17, 15) is 4.39 Å². The number of hydrogen-bond donors (Lipinski definition) is 0. The summed E-state index contributed by atoms with van der Waals surface area (Å²) in [4.78, 5) is 0. The number of halogens is 2. The van der Waals surface area contributed by atoms with Crippen LogP contribution >= 0.6 is 15.9 Å². The van der Waals surface area contributed by atoms with Crippen molar-refractivity contribution < 1.29 is 9.13 Å². The predicted octanol–water partition coefficient (Wildman–Crippen LogP) is 3.30. The van der Waals surface area contributed by atoms with Crippen LogP contribution in [-0.4, -0.2) is 11.9 Å². The summed E-state index contributed by atoms with van der Waals surface area (Å²) in [5.74, 6) is -0.216. The first-order valence-electron chi connectivity index (χ1n) is 4.17. The summed E-state index contributed by atoms with van der Waals surface area (Å²) in [5.41, 5.74) is 0.876. The van der Waals surface area contributed by atoms with Gasteiger partial charge in [0.15, 0.2) is 0 Å². The summed E-state index contributed by atoms with van der Waals surface area (Å²) >= 11 is 3.27. The standard InChI is InChI=1S/C10H12BrFO/c1-8(13-6-5-11)9-3-2-4-10(12)7-9/h2-4,7-8H,5-6H2,1H3. The Hall–Kier alpha value is -0.410. The Morgan fingerprint density at radius 2 is 2.31 bits per heavy atom. The number of ether oxygens (including phenoxy) is 1. The Labute approximate surface area is 86.0 Å². The molecule has 1 rings (SSSR count). The fourth-order valence-corrected chi connectivity index (χ4v) is 1.26. The van der Waals surface area contributed by atoms with E-state index in [4.69, 9.17) is 4.74 Å². The molecule has 72 valence electrons. The van der Waals surface area contributed by atoms with Crippen molar-refractivity contribution in [2.24, 2.45) is 0 Å². The topological polar surface area (TPSA) is 9.23 Å². The summed E-state index contributed by atoms with van der Waals surface area (Å²) in [6, 6.07) is 6.49. The molecule has 3 heteroatoms. The molecule has 13 heavy (non-hydrogen) atoms. The predicted molar refractivity (Wildman–Crippen MR) is 54.6 cm³/mol. The molecule has 0 radical (unpaired) electrons. The van der Waals surface area contributed by atoms with Gasteiger partial charge in [0, 0.05) is 5.33 Å². The van der Waals surface area contributed by atoms with Crippen molar-refractivity contribution in [2.75, 3.05) is 11.9 Å². The van der Waals surface area contributed by atoms with Crippen LogP contribution in [0.25, 0.3) is 0 Å². The molecule has 0 amide bonds. The summed E-state index contributed by atoms with van der Waals surface area (Å²) in [6.45, 7) is 2.55.